The molecule has 0 unspecified atom stereocenters. The molecule has 0 aliphatic carbocycles. The molecule has 94 valence electrons. The molecule has 0 aliphatic heterocycles. The zero-order chi connectivity index (χ0) is 12.8. The van der Waals surface area contributed by atoms with Crippen LogP contribution in [0.1, 0.15) is 5.76 Å². The van der Waals surface area contributed by atoms with E-state index in [2.05, 4.69) is 10.6 Å². The van der Waals surface area contributed by atoms with E-state index in [-0.39, 0.29) is 12.5 Å². The monoisotopic (exact) mass is 264 g/mol. The van der Waals surface area contributed by atoms with Gasteiger partial charge in [-0.3, -0.25) is 4.79 Å². The van der Waals surface area contributed by atoms with Crippen molar-refractivity contribution >= 4 is 23.2 Å². The number of furan rings is 1. The second kappa shape index (κ2) is 6.23. The van der Waals surface area contributed by atoms with Gasteiger partial charge in [0.05, 0.1) is 30.1 Å². The van der Waals surface area contributed by atoms with Crippen molar-refractivity contribution in [2.75, 3.05) is 11.9 Å². The van der Waals surface area contributed by atoms with Crippen LogP contribution in [0.3, 0.4) is 0 Å². The van der Waals surface area contributed by atoms with Gasteiger partial charge in [0.15, 0.2) is 0 Å². The molecule has 0 saturated heterocycles. The zero-order valence-corrected chi connectivity index (χ0v) is 10.4. The third-order valence-corrected chi connectivity index (χ3v) is 2.64. The summed E-state index contributed by atoms with van der Waals surface area (Å²) < 4.78 is 5.14. The van der Waals surface area contributed by atoms with Crippen LogP contribution in [0.25, 0.3) is 0 Å². The predicted octanol–water partition coefficient (Wildman–Crippen LogP) is 2.66. The number of carbonyl (C=O) groups excluding carboxylic acids is 1. The van der Waals surface area contributed by atoms with Gasteiger partial charge in [0.25, 0.3) is 0 Å². The van der Waals surface area contributed by atoms with Crippen LogP contribution in [0.5, 0.6) is 0 Å². The van der Waals surface area contributed by atoms with E-state index in [0.29, 0.717) is 17.3 Å². The number of rotatable bonds is 5. The third kappa shape index (κ3) is 3.61. The Labute approximate surface area is 110 Å². The number of para-hydroxylation sites is 1. The Kier molecular flexibility index (Phi) is 4.39. The van der Waals surface area contributed by atoms with Gasteiger partial charge in [-0.15, -0.1) is 0 Å². The SMILES string of the molecule is O=C(CNCc1ccco1)Nc1ccccc1Cl. The summed E-state index contributed by atoms with van der Waals surface area (Å²) >= 11 is 5.93. The molecule has 0 aliphatic rings. The van der Waals surface area contributed by atoms with Crippen molar-refractivity contribution in [3.05, 3.63) is 53.4 Å². The second-order valence-corrected chi connectivity index (χ2v) is 4.12. The maximum Gasteiger partial charge on any atom is 0.238 e. The summed E-state index contributed by atoms with van der Waals surface area (Å²) in [5.41, 5.74) is 0.615. The summed E-state index contributed by atoms with van der Waals surface area (Å²) in [5, 5.41) is 6.23. The first kappa shape index (κ1) is 12.7. The first-order chi connectivity index (χ1) is 8.75. The van der Waals surface area contributed by atoms with Crippen molar-refractivity contribution in [3.8, 4) is 0 Å². The molecule has 18 heavy (non-hydrogen) atoms. The van der Waals surface area contributed by atoms with Gasteiger partial charge in [-0.2, -0.15) is 0 Å². The quantitative estimate of drug-likeness (QED) is 0.873. The first-order valence-electron chi connectivity index (χ1n) is 5.53. The predicted molar refractivity (Wildman–Crippen MR) is 70.5 cm³/mol. The van der Waals surface area contributed by atoms with E-state index in [1.54, 1.807) is 24.5 Å². The number of anilines is 1. The Hall–Kier alpha value is -1.78. The van der Waals surface area contributed by atoms with E-state index in [1.807, 2.05) is 18.2 Å². The van der Waals surface area contributed by atoms with Gasteiger partial charge in [0.2, 0.25) is 5.91 Å². The normalized spacial score (nSPS) is 10.3. The number of halogens is 1. The Bertz CT molecular complexity index is 511. The maximum atomic E-state index is 11.6. The van der Waals surface area contributed by atoms with Crippen molar-refractivity contribution in [1.82, 2.24) is 5.32 Å². The molecule has 0 fully saturated rings. The van der Waals surface area contributed by atoms with E-state index in [4.69, 9.17) is 16.0 Å². The van der Waals surface area contributed by atoms with Crippen LogP contribution in [0.2, 0.25) is 5.02 Å². The van der Waals surface area contributed by atoms with Crippen molar-refractivity contribution in [2.45, 2.75) is 6.54 Å². The molecule has 1 aromatic carbocycles. The molecule has 2 rings (SSSR count). The summed E-state index contributed by atoms with van der Waals surface area (Å²) in [7, 11) is 0. The highest BCUT2D eigenvalue weighted by molar-refractivity contribution is 6.33. The highest BCUT2D eigenvalue weighted by Gasteiger charge is 2.05. The van der Waals surface area contributed by atoms with Crippen LogP contribution >= 0.6 is 11.6 Å². The number of carbonyl (C=O) groups is 1. The van der Waals surface area contributed by atoms with Crippen LogP contribution in [0.15, 0.2) is 47.1 Å². The van der Waals surface area contributed by atoms with E-state index in [1.165, 1.54) is 0 Å². The molecule has 0 bridgehead atoms. The van der Waals surface area contributed by atoms with E-state index >= 15 is 0 Å². The van der Waals surface area contributed by atoms with Gasteiger partial charge in [0, 0.05) is 0 Å². The molecule has 0 spiro atoms. The van der Waals surface area contributed by atoms with Gasteiger partial charge < -0.3 is 15.1 Å². The fourth-order valence-corrected chi connectivity index (χ4v) is 1.65. The van der Waals surface area contributed by atoms with Gasteiger partial charge in [-0.25, -0.2) is 0 Å². The lowest BCUT2D eigenvalue weighted by molar-refractivity contribution is -0.115. The number of hydrogen-bond donors (Lipinski definition) is 2. The maximum absolute atomic E-state index is 11.6. The summed E-state index contributed by atoms with van der Waals surface area (Å²) in [6.07, 6.45) is 1.60. The minimum Gasteiger partial charge on any atom is -0.468 e. The fourth-order valence-electron chi connectivity index (χ4n) is 1.47. The molecule has 0 radical (unpaired) electrons. The van der Waals surface area contributed by atoms with Crippen LogP contribution in [0, 0.1) is 0 Å². The molecular weight excluding hydrogens is 252 g/mol. The summed E-state index contributed by atoms with van der Waals surface area (Å²) in [4.78, 5) is 11.6. The van der Waals surface area contributed by atoms with Crippen molar-refractivity contribution in [3.63, 3.8) is 0 Å². The molecule has 5 heteroatoms. The number of nitrogens with one attached hydrogen (secondary N) is 2. The number of hydrogen-bond acceptors (Lipinski definition) is 3. The lowest BCUT2D eigenvalue weighted by atomic mass is 10.3. The molecule has 0 atom stereocenters. The fraction of sp³-hybridized carbons (Fsp3) is 0.154. The molecule has 1 amide bonds. The summed E-state index contributed by atoms with van der Waals surface area (Å²) in [6, 6.07) is 10.8. The van der Waals surface area contributed by atoms with Gasteiger partial charge in [-0.05, 0) is 24.3 Å². The van der Waals surface area contributed by atoms with Crippen LogP contribution in [0.4, 0.5) is 5.69 Å². The zero-order valence-electron chi connectivity index (χ0n) is 9.65. The Morgan fingerprint density at radius 2 is 2.06 bits per heavy atom. The Morgan fingerprint density at radius 3 is 2.78 bits per heavy atom. The summed E-state index contributed by atoms with van der Waals surface area (Å²) in [6.45, 7) is 0.717. The topological polar surface area (TPSA) is 54.3 Å². The van der Waals surface area contributed by atoms with Crippen molar-refractivity contribution in [1.29, 1.82) is 0 Å². The first-order valence-corrected chi connectivity index (χ1v) is 5.91. The van der Waals surface area contributed by atoms with E-state index in [0.717, 1.165) is 5.76 Å². The van der Waals surface area contributed by atoms with Crippen molar-refractivity contribution < 1.29 is 9.21 Å². The largest absolute Gasteiger partial charge is 0.468 e. The van der Waals surface area contributed by atoms with Crippen LogP contribution < -0.4 is 10.6 Å². The number of amides is 1. The van der Waals surface area contributed by atoms with Gasteiger partial charge >= 0.3 is 0 Å². The van der Waals surface area contributed by atoms with Crippen LogP contribution in [-0.4, -0.2) is 12.5 Å². The third-order valence-electron chi connectivity index (χ3n) is 2.31. The van der Waals surface area contributed by atoms with E-state index < -0.39 is 0 Å². The highest BCUT2D eigenvalue weighted by Crippen LogP contribution is 2.19. The standard InChI is InChI=1S/C13H13ClN2O2/c14-11-5-1-2-6-12(11)16-13(17)9-15-8-10-4-3-7-18-10/h1-7,15H,8-9H2,(H,16,17). The van der Waals surface area contributed by atoms with Gasteiger partial charge in [-0.1, -0.05) is 23.7 Å². The minimum atomic E-state index is -0.144. The molecule has 2 aromatic rings. The molecule has 1 heterocycles. The average molecular weight is 265 g/mol. The summed E-state index contributed by atoms with van der Waals surface area (Å²) in [5.74, 6) is 0.648. The lowest BCUT2D eigenvalue weighted by Gasteiger charge is -2.07. The Balaban J connectivity index is 1.77. The highest BCUT2D eigenvalue weighted by atomic mass is 35.5. The minimum absolute atomic E-state index is 0.144. The second-order valence-electron chi connectivity index (χ2n) is 3.71. The molecule has 1 aromatic heterocycles. The lowest BCUT2D eigenvalue weighted by Crippen LogP contribution is -2.27. The molecule has 4 nitrogen and oxygen atoms in total. The van der Waals surface area contributed by atoms with E-state index in [9.17, 15) is 4.79 Å². The molecular formula is C13H13ClN2O2. The smallest absolute Gasteiger partial charge is 0.238 e. The van der Waals surface area contributed by atoms with Gasteiger partial charge in [0.1, 0.15) is 5.76 Å². The van der Waals surface area contributed by atoms with Crippen LogP contribution in [-0.2, 0) is 11.3 Å². The van der Waals surface area contributed by atoms with Crippen molar-refractivity contribution in [2.24, 2.45) is 0 Å². The Morgan fingerprint density at radius 1 is 1.22 bits per heavy atom. The molecule has 0 saturated carbocycles. The molecule has 2 N–H and O–H groups in total. The number of benzene rings is 1. The average Bonchev–Trinajstić information content (AvgIpc) is 2.85.